The van der Waals surface area contributed by atoms with Gasteiger partial charge in [-0.2, -0.15) is 0 Å². The fourth-order valence-corrected chi connectivity index (χ4v) is 3.23. The number of aromatic nitrogens is 3. The first kappa shape index (κ1) is 18.8. The molecule has 7 nitrogen and oxygen atoms in total. The summed E-state index contributed by atoms with van der Waals surface area (Å²) >= 11 is 1.56. The summed E-state index contributed by atoms with van der Waals surface area (Å²) in [4.78, 5) is 27.5. The molecule has 0 aliphatic carbocycles. The van der Waals surface area contributed by atoms with Crippen LogP contribution in [0.5, 0.6) is 0 Å². The Labute approximate surface area is 162 Å². The minimum Gasteiger partial charge on any atom is -0.357 e. The van der Waals surface area contributed by atoms with Crippen molar-refractivity contribution in [2.45, 2.75) is 13.5 Å². The van der Waals surface area contributed by atoms with Crippen LogP contribution < -0.4 is 15.5 Å². The van der Waals surface area contributed by atoms with Gasteiger partial charge in [-0.05, 0) is 25.1 Å². The lowest BCUT2D eigenvalue weighted by atomic mass is 10.1. The van der Waals surface area contributed by atoms with E-state index in [-0.39, 0.29) is 5.91 Å². The lowest BCUT2D eigenvalue weighted by Gasteiger charge is -2.08. The second-order valence-electron chi connectivity index (χ2n) is 6.24. The van der Waals surface area contributed by atoms with Crippen LogP contribution in [0.25, 0.3) is 11.3 Å². The molecule has 2 aromatic heterocycles. The number of nitrogens with zero attached hydrogens (tertiary/aromatic N) is 4. The molecule has 140 valence electrons. The van der Waals surface area contributed by atoms with Gasteiger partial charge in [0.1, 0.15) is 0 Å². The second kappa shape index (κ2) is 8.13. The highest BCUT2D eigenvalue weighted by atomic mass is 32.1. The summed E-state index contributed by atoms with van der Waals surface area (Å²) < 4.78 is 0. The quantitative estimate of drug-likeness (QED) is 0.682. The van der Waals surface area contributed by atoms with Gasteiger partial charge in [-0.25, -0.2) is 15.0 Å². The molecule has 1 aromatic carbocycles. The number of carbonyl (C=O) groups excluding carboxylic acids is 1. The Balaban J connectivity index is 1.67. The van der Waals surface area contributed by atoms with Crippen LogP contribution in [0.1, 0.15) is 21.7 Å². The van der Waals surface area contributed by atoms with E-state index in [1.165, 1.54) is 0 Å². The van der Waals surface area contributed by atoms with Gasteiger partial charge in [0.15, 0.2) is 5.13 Å². The summed E-state index contributed by atoms with van der Waals surface area (Å²) in [5.41, 5.74) is 4.08. The first-order valence-corrected chi connectivity index (χ1v) is 9.38. The highest BCUT2D eigenvalue weighted by molar-refractivity contribution is 7.13. The molecule has 3 aromatic rings. The molecule has 0 radical (unpaired) electrons. The minimum atomic E-state index is -0.129. The Bertz CT molecular complexity index is 936. The number of aryl methyl sites for hydroxylation is 1. The van der Waals surface area contributed by atoms with Crippen LogP contribution in [0, 0.1) is 6.92 Å². The van der Waals surface area contributed by atoms with E-state index in [9.17, 15) is 4.79 Å². The molecule has 3 rings (SSSR count). The molecule has 0 saturated carbocycles. The fraction of sp³-hybridized carbons (Fsp3) is 0.263. The molecule has 2 N–H and O–H groups in total. The van der Waals surface area contributed by atoms with Crippen LogP contribution >= 0.6 is 11.3 Å². The number of benzene rings is 1. The maximum atomic E-state index is 12.4. The Morgan fingerprint density at radius 1 is 1.15 bits per heavy atom. The van der Waals surface area contributed by atoms with Crippen LogP contribution in [0.2, 0.25) is 0 Å². The first-order chi connectivity index (χ1) is 13.0. The molecule has 0 saturated heterocycles. The number of nitrogens with one attached hydrogen (secondary N) is 2. The Hall–Kier alpha value is -3.00. The summed E-state index contributed by atoms with van der Waals surface area (Å²) in [6.45, 7) is 2.33. The van der Waals surface area contributed by atoms with E-state index in [1.807, 2.05) is 49.5 Å². The van der Waals surface area contributed by atoms with Crippen molar-refractivity contribution < 1.29 is 4.79 Å². The van der Waals surface area contributed by atoms with Crippen molar-refractivity contribution in [2.24, 2.45) is 0 Å². The molecular formula is C19H22N6OS. The van der Waals surface area contributed by atoms with Gasteiger partial charge in [0, 0.05) is 43.3 Å². The van der Waals surface area contributed by atoms with Crippen LogP contribution in [0.15, 0.2) is 35.7 Å². The molecular weight excluding hydrogens is 360 g/mol. The summed E-state index contributed by atoms with van der Waals surface area (Å²) in [5.74, 6) is 0.447. The zero-order valence-corrected chi connectivity index (χ0v) is 16.6. The zero-order chi connectivity index (χ0) is 19.4. The van der Waals surface area contributed by atoms with Gasteiger partial charge in [0.25, 0.3) is 5.91 Å². The predicted molar refractivity (Wildman–Crippen MR) is 109 cm³/mol. The van der Waals surface area contributed by atoms with Gasteiger partial charge in [-0.1, -0.05) is 12.1 Å². The smallest absolute Gasteiger partial charge is 0.251 e. The highest BCUT2D eigenvalue weighted by Crippen LogP contribution is 2.20. The number of thiazole rings is 1. The Morgan fingerprint density at radius 2 is 1.89 bits per heavy atom. The number of anilines is 2. The van der Waals surface area contributed by atoms with Crippen molar-refractivity contribution in [1.82, 2.24) is 20.3 Å². The molecule has 0 atom stereocenters. The van der Waals surface area contributed by atoms with Gasteiger partial charge in [0.2, 0.25) is 5.95 Å². The van der Waals surface area contributed by atoms with Crippen LogP contribution in [0.3, 0.4) is 0 Å². The lowest BCUT2D eigenvalue weighted by Crippen LogP contribution is -2.23. The topological polar surface area (TPSA) is 83.0 Å². The zero-order valence-electron chi connectivity index (χ0n) is 15.8. The van der Waals surface area contributed by atoms with E-state index >= 15 is 0 Å². The third-order valence-electron chi connectivity index (χ3n) is 3.87. The van der Waals surface area contributed by atoms with Crippen molar-refractivity contribution in [2.75, 3.05) is 31.4 Å². The summed E-state index contributed by atoms with van der Waals surface area (Å²) in [7, 11) is 5.68. The maximum absolute atomic E-state index is 12.4. The normalized spacial score (nSPS) is 10.5. The first-order valence-electron chi connectivity index (χ1n) is 8.50. The van der Waals surface area contributed by atoms with Crippen molar-refractivity contribution in [3.05, 3.63) is 52.7 Å². The number of carbonyl (C=O) groups is 1. The highest BCUT2D eigenvalue weighted by Gasteiger charge is 2.09. The van der Waals surface area contributed by atoms with Crippen molar-refractivity contribution in [1.29, 1.82) is 0 Å². The van der Waals surface area contributed by atoms with Crippen molar-refractivity contribution in [3.63, 3.8) is 0 Å². The molecule has 0 unspecified atom stereocenters. The number of hydrogen-bond acceptors (Lipinski definition) is 7. The standard InChI is InChI=1S/C19H22N6OS/c1-12-9-16(24-18(20-2)22-12)13-5-7-14(8-6-13)17(26)21-10-15-11-27-19(23-15)25(3)4/h5-9,11H,10H2,1-4H3,(H,21,26)(H,20,22,24). The van der Waals surface area contributed by atoms with Gasteiger partial charge in [0.05, 0.1) is 17.9 Å². The van der Waals surface area contributed by atoms with E-state index in [0.717, 1.165) is 27.8 Å². The van der Waals surface area contributed by atoms with Crippen molar-refractivity contribution >= 4 is 28.3 Å². The van der Waals surface area contributed by atoms with Gasteiger partial charge in [-0.3, -0.25) is 4.79 Å². The molecule has 0 aliphatic rings. The summed E-state index contributed by atoms with van der Waals surface area (Å²) in [5, 5.41) is 8.73. The third kappa shape index (κ3) is 4.59. The SMILES string of the molecule is CNc1nc(C)cc(-c2ccc(C(=O)NCc3csc(N(C)C)n3)cc2)n1. The molecule has 0 spiro atoms. The second-order valence-corrected chi connectivity index (χ2v) is 7.08. The third-order valence-corrected chi connectivity index (χ3v) is 4.93. The van der Waals surface area contributed by atoms with Crippen LogP contribution in [-0.4, -0.2) is 42.0 Å². The molecule has 2 heterocycles. The summed E-state index contributed by atoms with van der Waals surface area (Å²) in [6, 6.07) is 9.30. The minimum absolute atomic E-state index is 0.129. The van der Waals surface area contributed by atoms with E-state index < -0.39 is 0 Å². The van der Waals surface area contributed by atoms with E-state index in [0.29, 0.717) is 18.1 Å². The largest absolute Gasteiger partial charge is 0.357 e. The van der Waals surface area contributed by atoms with Gasteiger partial charge >= 0.3 is 0 Å². The fourth-order valence-electron chi connectivity index (χ4n) is 2.48. The van der Waals surface area contributed by atoms with E-state index in [1.54, 1.807) is 30.5 Å². The molecule has 0 fully saturated rings. The van der Waals surface area contributed by atoms with Crippen molar-refractivity contribution in [3.8, 4) is 11.3 Å². The molecule has 8 heteroatoms. The average molecular weight is 382 g/mol. The van der Waals surface area contributed by atoms with Crippen LogP contribution in [-0.2, 0) is 6.54 Å². The molecule has 27 heavy (non-hydrogen) atoms. The predicted octanol–water partition coefficient (Wildman–Crippen LogP) is 2.95. The molecule has 0 bridgehead atoms. The van der Waals surface area contributed by atoms with Crippen LogP contribution in [0.4, 0.5) is 11.1 Å². The maximum Gasteiger partial charge on any atom is 0.251 e. The van der Waals surface area contributed by atoms with Gasteiger partial charge in [-0.15, -0.1) is 11.3 Å². The molecule has 1 amide bonds. The monoisotopic (exact) mass is 382 g/mol. The van der Waals surface area contributed by atoms with E-state index in [2.05, 4.69) is 25.6 Å². The molecule has 0 aliphatic heterocycles. The number of hydrogen-bond donors (Lipinski definition) is 2. The van der Waals surface area contributed by atoms with Gasteiger partial charge < -0.3 is 15.5 Å². The average Bonchev–Trinajstić information content (AvgIpc) is 3.15. The Kier molecular flexibility index (Phi) is 5.66. The lowest BCUT2D eigenvalue weighted by molar-refractivity contribution is 0.0950. The Morgan fingerprint density at radius 3 is 2.52 bits per heavy atom. The number of amides is 1. The number of rotatable bonds is 6. The van der Waals surface area contributed by atoms with E-state index in [4.69, 9.17) is 0 Å². The summed E-state index contributed by atoms with van der Waals surface area (Å²) in [6.07, 6.45) is 0.